The number of carboxylic acid groups (broad SMARTS) is 1. The van der Waals surface area contributed by atoms with Gasteiger partial charge < -0.3 is 5.11 Å². The fraction of sp³-hybridized carbons (Fsp3) is 0.450. The van der Waals surface area contributed by atoms with E-state index in [1.54, 1.807) is 18.2 Å². The van der Waals surface area contributed by atoms with Crippen molar-refractivity contribution < 1.29 is 27.1 Å². The van der Waals surface area contributed by atoms with Crippen molar-refractivity contribution in [3.8, 4) is 11.4 Å². The summed E-state index contributed by atoms with van der Waals surface area (Å²) < 4.78 is 46.8. The number of hydrogen-bond acceptors (Lipinski definition) is 5. The summed E-state index contributed by atoms with van der Waals surface area (Å²) in [5.41, 5.74) is 0.409. The summed E-state index contributed by atoms with van der Waals surface area (Å²) in [7, 11) is -3.13. The van der Waals surface area contributed by atoms with Crippen LogP contribution in [0.25, 0.3) is 11.4 Å². The summed E-state index contributed by atoms with van der Waals surface area (Å²) in [6.45, 7) is 0. The number of alkyl halides is 1. The SMILES string of the molecule is NS(=O)(=O)C1CC1.O=C(O)C1(Cc2cccc(-c3ncc(F)cn3)c2)CCC(F)C1. The van der Waals surface area contributed by atoms with Crippen LogP contribution in [0.1, 0.15) is 37.7 Å². The summed E-state index contributed by atoms with van der Waals surface area (Å²) in [5.74, 6) is -1.11. The molecule has 7 nitrogen and oxygen atoms in total. The highest BCUT2D eigenvalue weighted by atomic mass is 32.2. The molecule has 0 spiro atoms. The van der Waals surface area contributed by atoms with Crippen molar-refractivity contribution in [1.82, 2.24) is 9.97 Å². The van der Waals surface area contributed by atoms with Gasteiger partial charge in [0.25, 0.3) is 0 Å². The Balaban J connectivity index is 0.000000310. The molecule has 2 fully saturated rings. The second-order valence-electron chi connectivity index (χ2n) is 7.82. The van der Waals surface area contributed by atoms with E-state index in [1.807, 2.05) is 6.07 Å². The molecule has 0 amide bonds. The molecule has 2 atom stereocenters. The van der Waals surface area contributed by atoms with E-state index < -0.39 is 33.4 Å². The lowest BCUT2D eigenvalue weighted by molar-refractivity contribution is -0.148. The van der Waals surface area contributed by atoms with Crippen LogP contribution < -0.4 is 5.14 Å². The average molecular weight is 439 g/mol. The third-order valence-electron chi connectivity index (χ3n) is 5.34. The van der Waals surface area contributed by atoms with Crippen LogP contribution in [-0.4, -0.2) is 40.9 Å². The zero-order valence-corrected chi connectivity index (χ0v) is 17.0. The highest BCUT2D eigenvalue weighted by molar-refractivity contribution is 7.90. The van der Waals surface area contributed by atoms with E-state index in [2.05, 4.69) is 9.97 Å². The summed E-state index contributed by atoms with van der Waals surface area (Å²) >= 11 is 0. The summed E-state index contributed by atoms with van der Waals surface area (Å²) in [4.78, 5) is 19.5. The van der Waals surface area contributed by atoms with Crippen molar-refractivity contribution >= 4 is 16.0 Å². The Morgan fingerprint density at radius 2 is 1.90 bits per heavy atom. The maximum atomic E-state index is 13.5. The number of carbonyl (C=O) groups is 1. The summed E-state index contributed by atoms with van der Waals surface area (Å²) in [6.07, 6.45) is 3.55. The van der Waals surface area contributed by atoms with Gasteiger partial charge in [-0.05, 0) is 50.2 Å². The Morgan fingerprint density at radius 3 is 2.37 bits per heavy atom. The third-order valence-corrected chi connectivity index (χ3v) is 6.74. The standard InChI is InChI=1S/C17H16F2N2O2.C3H7NO2S/c18-13-4-5-17(8-13,16(22)23)7-11-2-1-3-12(6-11)15-20-9-14(19)10-21-15;4-7(5,6)3-1-2-3/h1-3,6,9-10,13H,4-5,7-8H2,(H,22,23);3H,1-2H2,(H2,4,5,6). The number of carboxylic acids is 1. The van der Waals surface area contributed by atoms with Gasteiger partial charge >= 0.3 is 5.97 Å². The topological polar surface area (TPSA) is 123 Å². The second kappa shape index (κ2) is 8.73. The zero-order valence-electron chi connectivity index (χ0n) is 16.2. The van der Waals surface area contributed by atoms with Crippen molar-refractivity contribution in [2.24, 2.45) is 10.6 Å². The third kappa shape index (κ3) is 5.57. The molecule has 1 aromatic carbocycles. The lowest BCUT2D eigenvalue weighted by atomic mass is 9.80. The predicted molar refractivity (Wildman–Crippen MR) is 106 cm³/mol. The van der Waals surface area contributed by atoms with Crippen LogP contribution in [0.15, 0.2) is 36.7 Å². The van der Waals surface area contributed by atoms with Gasteiger partial charge in [0.15, 0.2) is 11.6 Å². The van der Waals surface area contributed by atoms with Gasteiger partial charge in [-0.2, -0.15) is 0 Å². The number of primary sulfonamides is 1. The van der Waals surface area contributed by atoms with Crippen molar-refractivity contribution in [3.05, 3.63) is 48.0 Å². The minimum atomic E-state index is -3.13. The number of rotatable bonds is 5. The van der Waals surface area contributed by atoms with E-state index in [0.717, 1.165) is 30.8 Å². The molecule has 1 heterocycles. The highest BCUT2D eigenvalue weighted by Gasteiger charge is 2.45. The van der Waals surface area contributed by atoms with Crippen LogP contribution in [0.5, 0.6) is 0 Å². The van der Waals surface area contributed by atoms with Gasteiger partial charge in [0.1, 0.15) is 6.17 Å². The van der Waals surface area contributed by atoms with Gasteiger partial charge in [-0.1, -0.05) is 18.2 Å². The molecular weight excluding hydrogens is 416 g/mol. The van der Waals surface area contributed by atoms with Crippen molar-refractivity contribution in [2.45, 2.75) is 49.9 Å². The fourth-order valence-electron chi connectivity index (χ4n) is 3.56. The van der Waals surface area contributed by atoms with E-state index in [-0.39, 0.29) is 24.5 Å². The van der Waals surface area contributed by atoms with Crippen molar-refractivity contribution in [1.29, 1.82) is 0 Å². The first-order valence-electron chi connectivity index (χ1n) is 9.55. The Morgan fingerprint density at radius 1 is 1.23 bits per heavy atom. The van der Waals surface area contributed by atoms with Crippen molar-refractivity contribution in [2.75, 3.05) is 0 Å². The minimum Gasteiger partial charge on any atom is -0.481 e. The molecule has 2 aliphatic carbocycles. The molecule has 2 saturated carbocycles. The smallest absolute Gasteiger partial charge is 0.310 e. The maximum Gasteiger partial charge on any atom is 0.310 e. The monoisotopic (exact) mass is 439 g/mol. The second-order valence-corrected chi connectivity index (χ2v) is 9.66. The Kier molecular flexibility index (Phi) is 6.47. The van der Waals surface area contributed by atoms with Gasteiger partial charge in [0.05, 0.1) is 23.1 Å². The van der Waals surface area contributed by atoms with E-state index in [0.29, 0.717) is 17.8 Å². The van der Waals surface area contributed by atoms with Gasteiger partial charge in [-0.3, -0.25) is 4.79 Å². The van der Waals surface area contributed by atoms with Crippen LogP contribution in [0.2, 0.25) is 0 Å². The number of hydrogen-bond donors (Lipinski definition) is 2. The average Bonchev–Trinajstić information content (AvgIpc) is 3.48. The fourth-order valence-corrected chi connectivity index (χ4v) is 4.35. The Hall–Kier alpha value is -2.46. The normalized spacial score (nSPS) is 23.5. The molecule has 2 aromatic rings. The molecule has 162 valence electrons. The van der Waals surface area contributed by atoms with Gasteiger partial charge in [0.2, 0.25) is 10.0 Å². The molecule has 2 aliphatic rings. The first kappa shape index (κ1) is 22.2. The van der Waals surface area contributed by atoms with E-state index >= 15 is 0 Å². The van der Waals surface area contributed by atoms with Crippen LogP contribution in [0.4, 0.5) is 8.78 Å². The van der Waals surface area contributed by atoms with Gasteiger partial charge in [-0.15, -0.1) is 0 Å². The number of nitrogens with zero attached hydrogens (tertiary/aromatic N) is 2. The van der Waals surface area contributed by atoms with Crippen molar-refractivity contribution in [3.63, 3.8) is 0 Å². The summed E-state index contributed by atoms with van der Waals surface area (Å²) in [5, 5.41) is 14.0. The maximum absolute atomic E-state index is 13.5. The molecule has 0 saturated heterocycles. The number of sulfonamides is 1. The molecule has 3 N–H and O–H groups in total. The molecule has 4 rings (SSSR count). The quantitative estimate of drug-likeness (QED) is 0.738. The lowest BCUT2D eigenvalue weighted by Gasteiger charge is -2.23. The first-order valence-corrected chi connectivity index (χ1v) is 11.2. The number of aromatic nitrogens is 2. The number of benzene rings is 1. The van der Waals surface area contributed by atoms with Crippen LogP contribution in [0, 0.1) is 11.2 Å². The van der Waals surface area contributed by atoms with E-state index in [4.69, 9.17) is 5.14 Å². The lowest BCUT2D eigenvalue weighted by Crippen LogP contribution is -2.31. The summed E-state index contributed by atoms with van der Waals surface area (Å²) in [6, 6.07) is 7.14. The van der Waals surface area contributed by atoms with Gasteiger partial charge in [0, 0.05) is 5.56 Å². The van der Waals surface area contributed by atoms with Gasteiger partial charge in [-0.25, -0.2) is 32.3 Å². The zero-order chi connectivity index (χ0) is 21.9. The number of nitrogens with two attached hydrogens (primary N) is 1. The number of aliphatic carboxylic acids is 1. The van der Waals surface area contributed by atoms with E-state index in [1.165, 1.54) is 0 Å². The molecule has 2 unspecified atom stereocenters. The molecule has 0 bridgehead atoms. The molecule has 0 aliphatic heterocycles. The molecular formula is C20H23F2N3O4S. The largest absolute Gasteiger partial charge is 0.481 e. The molecule has 10 heteroatoms. The molecule has 0 radical (unpaired) electrons. The number of halogens is 2. The first-order chi connectivity index (χ1) is 14.1. The van der Waals surface area contributed by atoms with Crippen LogP contribution in [0.3, 0.4) is 0 Å². The Labute approximate surface area is 173 Å². The van der Waals surface area contributed by atoms with E-state index in [9.17, 15) is 27.1 Å². The van der Waals surface area contributed by atoms with Crippen LogP contribution in [-0.2, 0) is 21.2 Å². The Bertz CT molecular complexity index is 1010. The minimum absolute atomic E-state index is 0.0413. The predicted octanol–water partition coefficient (Wildman–Crippen LogP) is 2.86. The molecule has 30 heavy (non-hydrogen) atoms. The molecule has 1 aromatic heterocycles. The highest BCUT2D eigenvalue weighted by Crippen LogP contribution is 2.43. The van der Waals surface area contributed by atoms with Crippen LogP contribution >= 0.6 is 0 Å².